The van der Waals surface area contributed by atoms with Crippen molar-refractivity contribution in [3.8, 4) is 0 Å². The van der Waals surface area contributed by atoms with Crippen LogP contribution in [0.15, 0.2) is 18.2 Å². The lowest BCUT2D eigenvalue weighted by Gasteiger charge is -2.14. The van der Waals surface area contributed by atoms with Crippen LogP contribution in [0.3, 0.4) is 0 Å². The average Bonchev–Trinajstić information content (AvgIpc) is 2.61. The van der Waals surface area contributed by atoms with E-state index in [1.165, 1.54) is 22.5 Å². The van der Waals surface area contributed by atoms with Crippen LogP contribution in [0.1, 0.15) is 38.3 Å². The molecule has 0 radical (unpaired) electrons. The molecule has 1 aliphatic rings. The molecule has 5 heteroatoms. The van der Waals surface area contributed by atoms with Crippen molar-refractivity contribution >= 4 is 23.4 Å². The van der Waals surface area contributed by atoms with E-state index in [1.54, 1.807) is 0 Å². The van der Waals surface area contributed by atoms with Gasteiger partial charge in [0.25, 0.3) is 0 Å². The highest BCUT2D eigenvalue weighted by Crippen LogP contribution is 2.41. The summed E-state index contributed by atoms with van der Waals surface area (Å²) >= 11 is 1.05. The second-order valence-electron chi connectivity index (χ2n) is 5.64. The smallest absolute Gasteiger partial charge is 0.212 e. The largest absolute Gasteiger partial charge is 0.691 e. The molecular weight excluding hydrogens is 274 g/mol. The Bertz CT molecular complexity index is 526. The summed E-state index contributed by atoms with van der Waals surface area (Å²) in [5.41, 5.74) is 5.47. The van der Waals surface area contributed by atoms with E-state index in [-0.39, 0.29) is 5.41 Å². The molecule has 1 aromatic carbocycles. The number of rotatable bonds is 6. The summed E-state index contributed by atoms with van der Waals surface area (Å²) < 4.78 is 6.69. The lowest BCUT2D eigenvalue weighted by atomic mass is 9.82. The van der Waals surface area contributed by atoms with Gasteiger partial charge in [-0.15, -0.1) is 0 Å². The highest BCUT2D eigenvalue weighted by atomic mass is 32.2. The third-order valence-electron chi connectivity index (χ3n) is 4.18. The van der Waals surface area contributed by atoms with E-state index in [1.807, 2.05) is 0 Å². The van der Waals surface area contributed by atoms with Crippen LogP contribution < -0.4 is 5.26 Å². The summed E-state index contributed by atoms with van der Waals surface area (Å²) in [6, 6.07) is 6.50. The van der Waals surface area contributed by atoms with E-state index in [2.05, 4.69) is 59.8 Å². The van der Waals surface area contributed by atoms with Crippen LogP contribution in [0.4, 0.5) is 5.69 Å². The Labute approximate surface area is 124 Å². The van der Waals surface area contributed by atoms with Crippen molar-refractivity contribution in [2.24, 2.45) is 0 Å². The average molecular weight is 295 g/mol. The summed E-state index contributed by atoms with van der Waals surface area (Å²) in [5, 5.41) is 13.1. The summed E-state index contributed by atoms with van der Waals surface area (Å²) in [7, 11) is 0. The van der Waals surface area contributed by atoms with Crippen molar-refractivity contribution < 1.29 is 19.2 Å². The van der Waals surface area contributed by atoms with Crippen molar-refractivity contribution in [3.05, 3.63) is 29.3 Å². The number of benzene rings is 1. The Morgan fingerprint density at radius 3 is 2.75 bits per heavy atom. The molecule has 0 bridgehead atoms. The first-order chi connectivity index (χ1) is 9.50. The number of hydrogen-bond acceptors (Lipinski definition) is 4. The first kappa shape index (κ1) is 15.5. The van der Waals surface area contributed by atoms with E-state index in [0.29, 0.717) is 0 Å². The fraction of sp³-hybridized carbons (Fsp3) is 0.533. The van der Waals surface area contributed by atoms with Gasteiger partial charge >= 0.3 is 0 Å². The zero-order valence-electron chi connectivity index (χ0n) is 12.4. The third-order valence-corrected chi connectivity index (χ3v) is 4.78. The summed E-state index contributed by atoms with van der Waals surface area (Å²) in [4.78, 5) is 0. The molecule has 0 saturated heterocycles. The van der Waals surface area contributed by atoms with Gasteiger partial charge in [-0.2, -0.15) is 8.91 Å². The van der Waals surface area contributed by atoms with Crippen molar-refractivity contribution in [2.45, 2.75) is 39.5 Å². The van der Waals surface area contributed by atoms with Crippen molar-refractivity contribution in [3.63, 3.8) is 0 Å². The molecule has 0 unspecified atom stereocenters. The summed E-state index contributed by atoms with van der Waals surface area (Å²) in [6.07, 6.45) is 0.926. The van der Waals surface area contributed by atoms with Crippen LogP contribution in [-0.4, -0.2) is 22.6 Å². The zero-order chi connectivity index (χ0) is 14.8. The molecule has 1 heterocycles. The maximum atomic E-state index is 9.74. The number of aryl methyl sites for hydroxylation is 1. The van der Waals surface area contributed by atoms with Crippen LogP contribution >= 0.6 is 12.0 Å². The van der Waals surface area contributed by atoms with Crippen LogP contribution in [-0.2, 0) is 14.8 Å². The van der Waals surface area contributed by atoms with Gasteiger partial charge in [0.15, 0.2) is 5.71 Å². The van der Waals surface area contributed by atoms with Gasteiger partial charge in [0.2, 0.25) is 5.69 Å². The molecular formula is C15H21NO3S. The van der Waals surface area contributed by atoms with E-state index >= 15 is 0 Å². The predicted molar refractivity (Wildman–Crippen MR) is 78.9 cm³/mol. The van der Waals surface area contributed by atoms with E-state index in [4.69, 9.17) is 0 Å². The molecule has 1 aliphatic heterocycles. The summed E-state index contributed by atoms with van der Waals surface area (Å²) in [6.45, 7) is 9.81. The highest BCUT2D eigenvalue weighted by Gasteiger charge is 2.43. The molecule has 110 valence electrons. The Balaban J connectivity index is 2.18. The second-order valence-corrected chi connectivity index (χ2v) is 6.42. The topological polar surface area (TPSA) is 44.5 Å². The molecule has 4 nitrogen and oxygen atoms in total. The molecule has 0 atom stereocenters. The minimum Gasteiger partial charge on any atom is -0.691 e. The predicted octanol–water partition coefficient (Wildman–Crippen LogP) is 2.65. The van der Waals surface area contributed by atoms with Crippen molar-refractivity contribution in [2.75, 3.05) is 12.3 Å². The quantitative estimate of drug-likeness (QED) is 0.266. The van der Waals surface area contributed by atoms with Gasteiger partial charge in [-0.05, 0) is 20.8 Å². The Morgan fingerprint density at radius 2 is 2.05 bits per heavy atom. The molecule has 0 amide bonds. The van der Waals surface area contributed by atoms with Crippen molar-refractivity contribution in [1.29, 1.82) is 0 Å². The maximum absolute atomic E-state index is 9.74. The Hall–Kier alpha value is -0.880. The lowest BCUT2D eigenvalue weighted by Crippen LogP contribution is -2.26. The van der Waals surface area contributed by atoms with Gasteiger partial charge < -0.3 is 5.26 Å². The van der Waals surface area contributed by atoms with Gasteiger partial charge in [-0.1, -0.05) is 18.2 Å². The molecule has 0 spiro atoms. The fourth-order valence-electron chi connectivity index (χ4n) is 2.84. The van der Waals surface area contributed by atoms with Crippen LogP contribution in [0.2, 0.25) is 0 Å². The van der Waals surface area contributed by atoms with Gasteiger partial charge in [-0.25, -0.2) is 0 Å². The molecule has 0 saturated carbocycles. The minimum atomic E-state index is 0.0725. The van der Waals surface area contributed by atoms with Gasteiger partial charge in [0, 0.05) is 42.3 Å². The SMILES string of the molecule is CC1=[N+](CCCSOO[O-])c2c(C)cccc2C1(C)C. The first-order valence-corrected chi connectivity index (χ1v) is 7.71. The van der Waals surface area contributed by atoms with Crippen LogP contribution in [0.5, 0.6) is 0 Å². The van der Waals surface area contributed by atoms with Crippen molar-refractivity contribution in [1.82, 2.24) is 0 Å². The van der Waals surface area contributed by atoms with Gasteiger partial charge in [0.1, 0.15) is 6.54 Å². The minimum absolute atomic E-state index is 0.0725. The monoisotopic (exact) mass is 295 g/mol. The maximum Gasteiger partial charge on any atom is 0.212 e. The fourth-order valence-corrected chi connectivity index (χ4v) is 3.19. The van der Waals surface area contributed by atoms with E-state index < -0.39 is 0 Å². The number of para-hydroxylation sites is 1. The number of hydrogen-bond donors (Lipinski definition) is 0. The first-order valence-electron chi connectivity index (χ1n) is 6.80. The van der Waals surface area contributed by atoms with Crippen LogP contribution in [0, 0.1) is 6.92 Å². The molecule has 0 aliphatic carbocycles. The lowest BCUT2D eigenvalue weighted by molar-refractivity contribution is -0.777. The van der Waals surface area contributed by atoms with Gasteiger partial charge in [-0.3, -0.25) is 5.04 Å². The van der Waals surface area contributed by atoms with Crippen LogP contribution in [0.25, 0.3) is 0 Å². The second kappa shape index (κ2) is 6.26. The highest BCUT2D eigenvalue weighted by molar-refractivity contribution is 7.94. The zero-order valence-corrected chi connectivity index (χ0v) is 13.3. The third kappa shape index (κ3) is 2.76. The molecule has 20 heavy (non-hydrogen) atoms. The Kier molecular flexibility index (Phi) is 4.86. The Morgan fingerprint density at radius 1 is 1.30 bits per heavy atom. The normalized spacial score (nSPS) is 16.6. The molecule has 0 fully saturated rings. The van der Waals surface area contributed by atoms with Gasteiger partial charge in [0.05, 0.1) is 5.41 Å². The molecule has 1 aromatic rings. The summed E-state index contributed by atoms with van der Waals surface area (Å²) in [5.74, 6) is 0.730. The standard InChI is InChI=1S/C15H21NO3S/c1-11-7-5-8-13-14(11)16(12(2)15(13,3)4)9-6-10-20-19-18-17/h5,7-8H,6,9-10H2,1-4H3. The number of nitrogens with zero attached hydrogens (tertiary/aromatic N) is 1. The number of fused-ring (bicyclic) bond motifs is 1. The molecule has 0 aromatic heterocycles. The van der Waals surface area contributed by atoms with E-state index in [9.17, 15) is 5.26 Å². The van der Waals surface area contributed by atoms with E-state index in [0.717, 1.165) is 30.8 Å². The molecule has 2 rings (SSSR count). The molecule has 0 N–H and O–H groups in total.